The van der Waals surface area contributed by atoms with Gasteiger partial charge in [0.05, 0.1) is 17.4 Å². The lowest BCUT2D eigenvalue weighted by Crippen LogP contribution is -2.41. The number of anilines is 1. The van der Waals surface area contributed by atoms with Crippen molar-refractivity contribution in [1.82, 2.24) is 9.80 Å². The molecule has 2 atom stereocenters. The van der Waals surface area contributed by atoms with Crippen molar-refractivity contribution in [1.29, 1.82) is 0 Å². The van der Waals surface area contributed by atoms with E-state index in [4.69, 9.17) is 5.73 Å². The van der Waals surface area contributed by atoms with Gasteiger partial charge in [-0.2, -0.15) is 0 Å². The average Bonchev–Trinajstić information content (AvgIpc) is 2.73. The topological polar surface area (TPSA) is 69.8 Å². The number of benzene rings is 1. The number of rotatable bonds is 3. The Morgan fingerprint density at radius 3 is 2.86 bits per heavy atom. The molecular weight excluding hydrogens is 341 g/mol. The van der Waals surface area contributed by atoms with Gasteiger partial charge in [0.2, 0.25) is 0 Å². The second kappa shape index (κ2) is 6.29. The van der Waals surface area contributed by atoms with Gasteiger partial charge in [-0.25, -0.2) is 4.39 Å². The molecule has 1 aromatic rings. The van der Waals surface area contributed by atoms with Gasteiger partial charge in [0.1, 0.15) is 5.82 Å². The van der Waals surface area contributed by atoms with Gasteiger partial charge in [-0.3, -0.25) is 4.79 Å². The number of aliphatic hydroxyl groups excluding tert-OH is 1. The van der Waals surface area contributed by atoms with E-state index in [0.717, 1.165) is 0 Å². The van der Waals surface area contributed by atoms with E-state index < -0.39 is 11.9 Å². The van der Waals surface area contributed by atoms with E-state index in [1.54, 1.807) is 4.90 Å². The van der Waals surface area contributed by atoms with Crippen LogP contribution in [0.5, 0.6) is 0 Å². The number of likely N-dealkylation sites (tertiary alicyclic amines) is 1. The molecule has 0 spiro atoms. The van der Waals surface area contributed by atoms with Crippen molar-refractivity contribution in [3.63, 3.8) is 0 Å². The minimum absolute atomic E-state index is 0.0644. The SMILES string of the molecule is CN(C)CC1CC(O)CN1C(=O)c1cc(N)c(F)cc1Br. The first kappa shape index (κ1) is 16.2. The average molecular weight is 360 g/mol. The highest BCUT2D eigenvalue weighted by Gasteiger charge is 2.35. The normalized spacial score (nSPS) is 22.1. The van der Waals surface area contributed by atoms with Crippen molar-refractivity contribution in [2.75, 3.05) is 32.9 Å². The number of hydrogen-bond donors (Lipinski definition) is 2. The first-order valence-electron chi connectivity index (χ1n) is 6.68. The predicted octanol–water partition coefficient (Wildman–Crippen LogP) is 1.31. The van der Waals surface area contributed by atoms with Crippen LogP contribution in [0.4, 0.5) is 10.1 Å². The molecule has 1 aliphatic rings. The summed E-state index contributed by atoms with van der Waals surface area (Å²) in [5, 5.41) is 9.84. The van der Waals surface area contributed by atoms with Crippen LogP contribution in [0.1, 0.15) is 16.8 Å². The number of nitrogens with two attached hydrogens (primary N) is 1. The number of likely N-dealkylation sites (N-methyl/N-ethyl adjacent to an activating group) is 1. The zero-order valence-corrected chi connectivity index (χ0v) is 13.6. The fourth-order valence-corrected chi connectivity index (χ4v) is 3.10. The molecule has 2 unspecified atom stereocenters. The molecule has 0 radical (unpaired) electrons. The van der Waals surface area contributed by atoms with Gasteiger partial charge in [-0.1, -0.05) is 0 Å². The van der Waals surface area contributed by atoms with Crippen molar-refractivity contribution in [2.45, 2.75) is 18.6 Å². The molecule has 1 fully saturated rings. The molecule has 7 heteroatoms. The maximum atomic E-state index is 13.4. The Bertz CT molecular complexity index is 553. The molecule has 1 amide bonds. The molecule has 3 N–H and O–H groups in total. The molecule has 0 aromatic heterocycles. The van der Waals surface area contributed by atoms with Gasteiger partial charge in [0.15, 0.2) is 0 Å². The lowest BCUT2D eigenvalue weighted by atomic mass is 10.1. The number of halogens is 2. The highest BCUT2D eigenvalue weighted by atomic mass is 79.9. The Morgan fingerprint density at radius 1 is 1.57 bits per heavy atom. The lowest BCUT2D eigenvalue weighted by molar-refractivity contribution is 0.0698. The zero-order chi connectivity index (χ0) is 15.7. The highest BCUT2D eigenvalue weighted by Crippen LogP contribution is 2.27. The minimum Gasteiger partial charge on any atom is -0.396 e. The molecule has 0 saturated carbocycles. The molecule has 0 aliphatic carbocycles. The first-order valence-corrected chi connectivity index (χ1v) is 7.47. The minimum atomic E-state index is -0.565. The number of nitrogens with zero attached hydrogens (tertiary/aromatic N) is 2. The van der Waals surface area contributed by atoms with Crippen LogP contribution in [0.25, 0.3) is 0 Å². The number of amides is 1. The third-order valence-corrected chi connectivity index (χ3v) is 4.20. The van der Waals surface area contributed by atoms with Crippen LogP contribution in [-0.2, 0) is 0 Å². The van der Waals surface area contributed by atoms with Crippen LogP contribution in [0.15, 0.2) is 16.6 Å². The molecule has 1 saturated heterocycles. The van der Waals surface area contributed by atoms with Gasteiger partial charge in [0.25, 0.3) is 5.91 Å². The maximum absolute atomic E-state index is 13.4. The summed E-state index contributed by atoms with van der Waals surface area (Å²) in [6.07, 6.45) is 0.00793. The van der Waals surface area contributed by atoms with Crippen LogP contribution >= 0.6 is 15.9 Å². The fourth-order valence-electron chi connectivity index (χ4n) is 2.62. The van der Waals surface area contributed by atoms with Gasteiger partial charge >= 0.3 is 0 Å². The summed E-state index contributed by atoms with van der Waals surface area (Å²) >= 11 is 3.20. The third kappa shape index (κ3) is 3.53. The number of nitrogen functional groups attached to an aromatic ring is 1. The Labute approximate surface area is 131 Å². The van der Waals surface area contributed by atoms with Crippen LogP contribution in [0, 0.1) is 5.82 Å². The van der Waals surface area contributed by atoms with Crippen molar-refractivity contribution < 1.29 is 14.3 Å². The van der Waals surface area contributed by atoms with Crippen molar-refractivity contribution in [3.8, 4) is 0 Å². The Balaban J connectivity index is 2.28. The summed E-state index contributed by atoms with van der Waals surface area (Å²) in [7, 11) is 3.83. The van der Waals surface area contributed by atoms with Crippen molar-refractivity contribution in [3.05, 3.63) is 28.0 Å². The summed E-state index contributed by atoms with van der Waals surface area (Å²) in [5.41, 5.74) is 5.79. The quantitative estimate of drug-likeness (QED) is 0.798. The smallest absolute Gasteiger partial charge is 0.255 e. The zero-order valence-electron chi connectivity index (χ0n) is 12.0. The molecule has 1 heterocycles. The Hall–Kier alpha value is -1.18. The molecule has 1 aromatic carbocycles. The van der Waals surface area contributed by atoms with Crippen LogP contribution in [-0.4, -0.2) is 60.1 Å². The lowest BCUT2D eigenvalue weighted by Gasteiger charge is -2.27. The predicted molar refractivity (Wildman–Crippen MR) is 82.5 cm³/mol. The monoisotopic (exact) mass is 359 g/mol. The molecule has 1 aliphatic heterocycles. The van der Waals surface area contributed by atoms with E-state index in [1.807, 2.05) is 19.0 Å². The number of carbonyl (C=O) groups is 1. The van der Waals surface area contributed by atoms with Crippen molar-refractivity contribution in [2.24, 2.45) is 0 Å². The second-order valence-corrected chi connectivity index (χ2v) is 6.47. The van der Waals surface area contributed by atoms with E-state index in [0.29, 0.717) is 23.0 Å². The molecule has 0 bridgehead atoms. The van der Waals surface area contributed by atoms with Gasteiger partial charge < -0.3 is 20.6 Å². The van der Waals surface area contributed by atoms with E-state index in [9.17, 15) is 14.3 Å². The number of aliphatic hydroxyl groups is 1. The van der Waals surface area contributed by atoms with Crippen LogP contribution in [0.2, 0.25) is 0 Å². The summed E-state index contributed by atoms with van der Waals surface area (Å²) in [6, 6.07) is 2.45. The van der Waals surface area contributed by atoms with Gasteiger partial charge in [-0.15, -0.1) is 0 Å². The standard InChI is InChI=1S/C14H19BrFN3O2/c1-18(2)6-8-3-9(20)7-19(8)14(21)10-4-13(17)12(16)5-11(10)15/h4-5,8-9,20H,3,6-7,17H2,1-2H3. The summed E-state index contributed by atoms with van der Waals surface area (Å²) < 4.78 is 13.7. The highest BCUT2D eigenvalue weighted by molar-refractivity contribution is 9.10. The number of hydrogen-bond acceptors (Lipinski definition) is 4. The molecule has 2 rings (SSSR count). The summed E-state index contributed by atoms with van der Waals surface area (Å²) in [5.74, 6) is -0.818. The third-order valence-electron chi connectivity index (χ3n) is 3.55. The molecule has 21 heavy (non-hydrogen) atoms. The number of β-amino-alcohol motifs (C(OH)–C–C–N with tert-alkyl or cyclic N) is 1. The summed E-state index contributed by atoms with van der Waals surface area (Å²) in [4.78, 5) is 16.3. The summed E-state index contributed by atoms with van der Waals surface area (Å²) in [6.45, 7) is 0.943. The Morgan fingerprint density at radius 2 is 2.24 bits per heavy atom. The van der Waals surface area contributed by atoms with Gasteiger partial charge in [0, 0.05) is 23.6 Å². The second-order valence-electron chi connectivity index (χ2n) is 5.62. The number of carbonyl (C=O) groups excluding carboxylic acids is 1. The van der Waals surface area contributed by atoms with Crippen LogP contribution in [0.3, 0.4) is 0 Å². The fraction of sp³-hybridized carbons (Fsp3) is 0.500. The Kier molecular flexibility index (Phi) is 4.85. The van der Waals surface area contributed by atoms with E-state index in [1.165, 1.54) is 12.1 Å². The van der Waals surface area contributed by atoms with E-state index in [-0.39, 0.29) is 24.2 Å². The molecular formula is C14H19BrFN3O2. The largest absolute Gasteiger partial charge is 0.396 e. The molecule has 116 valence electrons. The molecule has 5 nitrogen and oxygen atoms in total. The van der Waals surface area contributed by atoms with Crippen LogP contribution < -0.4 is 5.73 Å². The van der Waals surface area contributed by atoms with E-state index >= 15 is 0 Å². The first-order chi connectivity index (χ1) is 9.79. The van der Waals surface area contributed by atoms with Crippen molar-refractivity contribution >= 4 is 27.5 Å². The maximum Gasteiger partial charge on any atom is 0.255 e. The van der Waals surface area contributed by atoms with Gasteiger partial charge in [-0.05, 0) is 48.6 Å². The van der Waals surface area contributed by atoms with E-state index in [2.05, 4.69) is 15.9 Å².